The first-order valence-electron chi connectivity index (χ1n) is 7.57. The Morgan fingerprint density at radius 2 is 2.05 bits per heavy atom. The van der Waals surface area contributed by atoms with Crippen molar-refractivity contribution in [2.24, 2.45) is 4.99 Å². The highest BCUT2D eigenvalue weighted by Crippen LogP contribution is 2.34. The van der Waals surface area contributed by atoms with Gasteiger partial charge >= 0.3 is 0 Å². The van der Waals surface area contributed by atoms with E-state index in [0.717, 1.165) is 49.6 Å². The Labute approximate surface area is 134 Å². The van der Waals surface area contributed by atoms with Crippen molar-refractivity contribution in [1.29, 1.82) is 0 Å². The number of guanidine groups is 1. The monoisotopic (exact) mass is 351 g/mol. The zero-order valence-electron chi connectivity index (χ0n) is 12.4. The number of rotatable bonds is 3. The Morgan fingerprint density at radius 3 is 2.67 bits per heavy atom. The standard InChI is InChI=1S/C16H22BrN3O/c1-12-10-18-15(20-12)19-11-16(6-8-21-9-7-16)13-2-4-14(17)5-3-13/h2-5,12H,6-11H2,1H3,(H2,18,19,20). The molecule has 0 aliphatic carbocycles. The van der Waals surface area contributed by atoms with Crippen LogP contribution >= 0.6 is 15.9 Å². The van der Waals surface area contributed by atoms with Gasteiger partial charge in [0.05, 0.1) is 6.54 Å². The number of benzene rings is 1. The fourth-order valence-electron chi connectivity index (χ4n) is 3.05. The SMILES string of the molecule is CC1CN=C(NCC2(c3ccc(Br)cc3)CCOCC2)N1. The number of hydrogen-bond donors (Lipinski definition) is 2. The maximum Gasteiger partial charge on any atom is 0.191 e. The summed E-state index contributed by atoms with van der Waals surface area (Å²) in [5.41, 5.74) is 1.52. The maximum atomic E-state index is 5.58. The van der Waals surface area contributed by atoms with Gasteiger partial charge in [0, 0.05) is 35.7 Å². The van der Waals surface area contributed by atoms with Gasteiger partial charge in [-0.15, -0.1) is 0 Å². The second kappa shape index (κ2) is 6.36. The summed E-state index contributed by atoms with van der Waals surface area (Å²) in [5, 5.41) is 6.88. The molecule has 1 saturated heterocycles. The van der Waals surface area contributed by atoms with Crippen molar-refractivity contribution in [3.05, 3.63) is 34.3 Å². The Bertz CT molecular complexity index is 509. The van der Waals surface area contributed by atoms with E-state index in [1.807, 2.05) is 0 Å². The summed E-state index contributed by atoms with van der Waals surface area (Å²) in [4.78, 5) is 4.50. The molecule has 0 aromatic heterocycles. The van der Waals surface area contributed by atoms with Crippen LogP contribution in [0.4, 0.5) is 0 Å². The summed E-state index contributed by atoms with van der Waals surface area (Å²) in [7, 11) is 0. The van der Waals surface area contributed by atoms with E-state index in [-0.39, 0.29) is 5.41 Å². The molecule has 0 bridgehead atoms. The summed E-state index contributed by atoms with van der Waals surface area (Å²) in [6, 6.07) is 9.14. The molecule has 4 nitrogen and oxygen atoms in total. The molecular formula is C16H22BrN3O. The van der Waals surface area contributed by atoms with Crippen LogP contribution in [-0.4, -0.2) is 38.3 Å². The van der Waals surface area contributed by atoms with Gasteiger partial charge in [-0.05, 0) is 37.5 Å². The van der Waals surface area contributed by atoms with Crippen LogP contribution in [0.25, 0.3) is 0 Å². The number of ether oxygens (including phenoxy) is 1. The molecule has 1 aromatic carbocycles. The Hall–Kier alpha value is -1.07. The fraction of sp³-hybridized carbons (Fsp3) is 0.562. The van der Waals surface area contributed by atoms with Crippen molar-refractivity contribution in [3.63, 3.8) is 0 Å². The van der Waals surface area contributed by atoms with Crippen molar-refractivity contribution >= 4 is 21.9 Å². The summed E-state index contributed by atoms with van der Waals surface area (Å²) >= 11 is 3.52. The molecule has 1 unspecified atom stereocenters. The van der Waals surface area contributed by atoms with Crippen molar-refractivity contribution in [2.45, 2.75) is 31.2 Å². The van der Waals surface area contributed by atoms with E-state index >= 15 is 0 Å². The molecule has 3 rings (SSSR count). The fourth-order valence-corrected chi connectivity index (χ4v) is 3.31. The molecule has 1 fully saturated rings. The third-order valence-corrected chi connectivity index (χ3v) is 4.94. The predicted octanol–water partition coefficient (Wildman–Crippen LogP) is 2.43. The van der Waals surface area contributed by atoms with Crippen molar-refractivity contribution < 1.29 is 4.74 Å². The topological polar surface area (TPSA) is 45.7 Å². The van der Waals surface area contributed by atoms with Crippen molar-refractivity contribution in [3.8, 4) is 0 Å². The second-order valence-corrected chi connectivity index (χ2v) is 6.90. The lowest BCUT2D eigenvalue weighted by Crippen LogP contribution is -2.47. The van der Waals surface area contributed by atoms with Gasteiger partial charge in [-0.3, -0.25) is 4.99 Å². The molecule has 2 aliphatic heterocycles. The summed E-state index contributed by atoms with van der Waals surface area (Å²) in [6.45, 7) is 5.56. The third-order valence-electron chi connectivity index (χ3n) is 4.41. The van der Waals surface area contributed by atoms with Crippen LogP contribution in [0, 0.1) is 0 Å². The van der Waals surface area contributed by atoms with Gasteiger partial charge < -0.3 is 15.4 Å². The lowest BCUT2D eigenvalue weighted by atomic mass is 9.74. The van der Waals surface area contributed by atoms with Gasteiger partial charge in [-0.25, -0.2) is 0 Å². The average molecular weight is 352 g/mol. The van der Waals surface area contributed by atoms with E-state index in [2.05, 4.69) is 62.7 Å². The molecule has 21 heavy (non-hydrogen) atoms. The normalized spacial score (nSPS) is 24.3. The highest BCUT2D eigenvalue weighted by atomic mass is 79.9. The predicted molar refractivity (Wildman–Crippen MR) is 88.8 cm³/mol. The van der Waals surface area contributed by atoms with Gasteiger partial charge in [-0.2, -0.15) is 0 Å². The quantitative estimate of drug-likeness (QED) is 0.878. The second-order valence-electron chi connectivity index (χ2n) is 5.99. The maximum absolute atomic E-state index is 5.58. The lowest BCUT2D eigenvalue weighted by molar-refractivity contribution is 0.0514. The van der Waals surface area contributed by atoms with Gasteiger partial charge in [0.1, 0.15) is 0 Å². The minimum atomic E-state index is 0.134. The lowest BCUT2D eigenvalue weighted by Gasteiger charge is -2.38. The van der Waals surface area contributed by atoms with E-state index in [9.17, 15) is 0 Å². The van der Waals surface area contributed by atoms with Gasteiger partial charge in [0.25, 0.3) is 0 Å². The number of hydrogen-bond acceptors (Lipinski definition) is 4. The number of halogens is 1. The number of nitrogens with zero attached hydrogens (tertiary/aromatic N) is 1. The highest BCUT2D eigenvalue weighted by molar-refractivity contribution is 9.10. The minimum Gasteiger partial charge on any atom is -0.381 e. The van der Waals surface area contributed by atoms with E-state index in [4.69, 9.17) is 4.74 Å². The molecule has 2 heterocycles. The van der Waals surface area contributed by atoms with E-state index in [1.54, 1.807) is 0 Å². The molecule has 0 saturated carbocycles. The molecule has 2 aliphatic rings. The van der Waals surface area contributed by atoms with Crippen LogP contribution in [0.5, 0.6) is 0 Å². The van der Waals surface area contributed by atoms with Crippen LogP contribution in [-0.2, 0) is 10.2 Å². The molecule has 1 aromatic rings. The molecule has 0 radical (unpaired) electrons. The first kappa shape index (κ1) is 14.9. The zero-order valence-corrected chi connectivity index (χ0v) is 13.9. The molecule has 5 heteroatoms. The summed E-state index contributed by atoms with van der Waals surface area (Å²) in [5.74, 6) is 0.936. The molecule has 114 valence electrons. The van der Waals surface area contributed by atoms with Crippen molar-refractivity contribution in [1.82, 2.24) is 10.6 Å². The number of nitrogens with one attached hydrogen (secondary N) is 2. The first-order valence-corrected chi connectivity index (χ1v) is 8.36. The third kappa shape index (κ3) is 3.40. The van der Waals surface area contributed by atoms with Crippen LogP contribution in [0.1, 0.15) is 25.3 Å². The summed E-state index contributed by atoms with van der Waals surface area (Å²) < 4.78 is 6.70. The Morgan fingerprint density at radius 1 is 1.33 bits per heavy atom. The van der Waals surface area contributed by atoms with Gasteiger partial charge in [0.2, 0.25) is 0 Å². The van der Waals surface area contributed by atoms with Crippen LogP contribution < -0.4 is 10.6 Å². The first-order chi connectivity index (χ1) is 10.2. The average Bonchev–Trinajstić information content (AvgIpc) is 2.92. The molecule has 1 atom stereocenters. The smallest absolute Gasteiger partial charge is 0.191 e. The Kier molecular flexibility index (Phi) is 4.50. The van der Waals surface area contributed by atoms with Crippen LogP contribution in [0.2, 0.25) is 0 Å². The van der Waals surface area contributed by atoms with E-state index < -0.39 is 0 Å². The Balaban J connectivity index is 1.75. The highest BCUT2D eigenvalue weighted by Gasteiger charge is 2.34. The van der Waals surface area contributed by atoms with Crippen LogP contribution in [0.15, 0.2) is 33.7 Å². The largest absolute Gasteiger partial charge is 0.381 e. The van der Waals surface area contributed by atoms with E-state index in [0.29, 0.717) is 6.04 Å². The zero-order chi connectivity index (χ0) is 14.7. The van der Waals surface area contributed by atoms with Gasteiger partial charge in [0.15, 0.2) is 5.96 Å². The molecule has 2 N–H and O–H groups in total. The molecule has 0 spiro atoms. The number of aliphatic imine (C=N–C) groups is 1. The van der Waals surface area contributed by atoms with Crippen molar-refractivity contribution in [2.75, 3.05) is 26.3 Å². The van der Waals surface area contributed by atoms with E-state index in [1.165, 1.54) is 5.56 Å². The molecular weight excluding hydrogens is 330 g/mol. The van der Waals surface area contributed by atoms with Crippen LogP contribution in [0.3, 0.4) is 0 Å². The minimum absolute atomic E-state index is 0.134. The van der Waals surface area contributed by atoms with Gasteiger partial charge in [-0.1, -0.05) is 28.1 Å². The molecule has 0 amide bonds. The summed E-state index contributed by atoms with van der Waals surface area (Å²) in [6.07, 6.45) is 2.09.